The molecular weight excluding hydrogens is 292 g/mol. The van der Waals surface area contributed by atoms with Gasteiger partial charge in [0.15, 0.2) is 9.84 Å². The molecule has 0 spiro atoms. The SMILES string of the molecule is CCCC(=O)Nc1cccc(NC(=O)C(C)S(C)(=O)=O)c1. The molecule has 1 atom stereocenters. The predicted molar refractivity (Wildman–Crippen MR) is 82.9 cm³/mol. The molecule has 0 bridgehead atoms. The van der Waals surface area contributed by atoms with E-state index in [2.05, 4.69) is 10.6 Å². The van der Waals surface area contributed by atoms with Gasteiger partial charge in [0.1, 0.15) is 5.25 Å². The molecule has 1 unspecified atom stereocenters. The Hall–Kier alpha value is -1.89. The standard InChI is InChI=1S/C14H20N2O4S/c1-4-6-13(17)15-11-7-5-8-12(9-11)16-14(18)10(2)21(3,19)20/h5,7-10H,4,6H2,1-3H3,(H,15,17)(H,16,18). The molecular formula is C14H20N2O4S. The quantitative estimate of drug-likeness (QED) is 0.837. The highest BCUT2D eigenvalue weighted by Crippen LogP contribution is 2.16. The van der Waals surface area contributed by atoms with Crippen LogP contribution in [0.15, 0.2) is 24.3 Å². The maximum absolute atomic E-state index is 11.8. The van der Waals surface area contributed by atoms with E-state index in [-0.39, 0.29) is 5.91 Å². The Morgan fingerprint density at radius 1 is 1.19 bits per heavy atom. The molecule has 1 aromatic rings. The van der Waals surface area contributed by atoms with Crippen LogP contribution in [0.4, 0.5) is 11.4 Å². The fourth-order valence-corrected chi connectivity index (χ4v) is 2.01. The monoisotopic (exact) mass is 312 g/mol. The first-order valence-electron chi connectivity index (χ1n) is 6.63. The van der Waals surface area contributed by atoms with Crippen LogP contribution in [0.5, 0.6) is 0 Å². The average molecular weight is 312 g/mol. The Bertz CT molecular complexity index is 626. The number of hydrogen-bond acceptors (Lipinski definition) is 4. The minimum absolute atomic E-state index is 0.106. The summed E-state index contributed by atoms with van der Waals surface area (Å²) in [6.45, 7) is 3.24. The molecule has 0 fully saturated rings. The summed E-state index contributed by atoms with van der Waals surface area (Å²) in [7, 11) is -3.44. The third-order valence-corrected chi connectivity index (χ3v) is 4.40. The van der Waals surface area contributed by atoms with Gasteiger partial charge in [-0.1, -0.05) is 13.0 Å². The van der Waals surface area contributed by atoms with Gasteiger partial charge in [0, 0.05) is 24.1 Å². The van der Waals surface area contributed by atoms with Crippen molar-refractivity contribution >= 4 is 33.0 Å². The van der Waals surface area contributed by atoms with Gasteiger partial charge in [-0.3, -0.25) is 9.59 Å². The Kier molecular flexibility index (Phi) is 5.90. The number of rotatable bonds is 6. The van der Waals surface area contributed by atoms with Crippen LogP contribution >= 0.6 is 0 Å². The third-order valence-electron chi connectivity index (χ3n) is 2.90. The van der Waals surface area contributed by atoms with Gasteiger partial charge in [0.25, 0.3) is 0 Å². The predicted octanol–water partition coefficient (Wildman–Crippen LogP) is 1.80. The van der Waals surface area contributed by atoms with Crippen molar-refractivity contribution in [3.8, 4) is 0 Å². The number of sulfone groups is 1. The Morgan fingerprint density at radius 2 is 1.76 bits per heavy atom. The zero-order valence-electron chi connectivity index (χ0n) is 12.3. The number of carbonyl (C=O) groups excluding carboxylic acids is 2. The molecule has 0 saturated carbocycles. The van der Waals surface area contributed by atoms with E-state index in [1.807, 2.05) is 6.92 Å². The van der Waals surface area contributed by atoms with Gasteiger partial charge in [-0.25, -0.2) is 8.42 Å². The molecule has 0 saturated heterocycles. The number of amides is 2. The van der Waals surface area contributed by atoms with Crippen molar-refractivity contribution in [3.63, 3.8) is 0 Å². The van der Waals surface area contributed by atoms with Gasteiger partial charge in [-0.05, 0) is 31.5 Å². The number of benzene rings is 1. The van der Waals surface area contributed by atoms with Crippen LogP contribution < -0.4 is 10.6 Å². The fourth-order valence-electron chi connectivity index (χ4n) is 1.56. The number of carbonyl (C=O) groups is 2. The maximum Gasteiger partial charge on any atom is 0.242 e. The van der Waals surface area contributed by atoms with Crippen molar-refractivity contribution in [2.75, 3.05) is 16.9 Å². The molecule has 0 aliphatic carbocycles. The zero-order chi connectivity index (χ0) is 16.0. The van der Waals surface area contributed by atoms with Gasteiger partial charge in [0.05, 0.1) is 0 Å². The molecule has 1 aromatic carbocycles. The van der Waals surface area contributed by atoms with Crippen LogP contribution in [0, 0.1) is 0 Å². The van der Waals surface area contributed by atoms with Crippen molar-refractivity contribution < 1.29 is 18.0 Å². The molecule has 116 valence electrons. The smallest absolute Gasteiger partial charge is 0.242 e. The summed E-state index contributed by atoms with van der Waals surface area (Å²) < 4.78 is 22.7. The second-order valence-electron chi connectivity index (χ2n) is 4.84. The molecule has 2 N–H and O–H groups in total. The first-order valence-corrected chi connectivity index (χ1v) is 8.59. The van der Waals surface area contributed by atoms with Crippen molar-refractivity contribution in [1.29, 1.82) is 0 Å². The molecule has 7 heteroatoms. The van der Waals surface area contributed by atoms with Gasteiger partial charge in [-0.2, -0.15) is 0 Å². The van der Waals surface area contributed by atoms with Crippen LogP contribution in [0.3, 0.4) is 0 Å². The summed E-state index contributed by atoms with van der Waals surface area (Å²) in [6.07, 6.45) is 2.18. The molecule has 2 amide bonds. The van der Waals surface area contributed by atoms with E-state index in [0.29, 0.717) is 17.8 Å². The van der Waals surface area contributed by atoms with Crippen molar-refractivity contribution in [2.24, 2.45) is 0 Å². The maximum atomic E-state index is 11.8. The topological polar surface area (TPSA) is 92.3 Å². The summed E-state index contributed by atoms with van der Waals surface area (Å²) in [5.74, 6) is -0.708. The van der Waals surface area contributed by atoms with E-state index in [1.54, 1.807) is 24.3 Å². The average Bonchev–Trinajstić information content (AvgIpc) is 2.37. The highest BCUT2D eigenvalue weighted by atomic mass is 32.2. The largest absolute Gasteiger partial charge is 0.326 e. The molecule has 21 heavy (non-hydrogen) atoms. The Labute approximate surface area is 124 Å². The number of anilines is 2. The van der Waals surface area contributed by atoms with E-state index in [0.717, 1.165) is 12.7 Å². The van der Waals surface area contributed by atoms with Crippen molar-refractivity contribution in [2.45, 2.75) is 31.9 Å². The third kappa shape index (κ3) is 5.55. The molecule has 0 aliphatic rings. The Morgan fingerprint density at radius 3 is 2.29 bits per heavy atom. The van der Waals surface area contributed by atoms with E-state index >= 15 is 0 Å². The van der Waals surface area contributed by atoms with Crippen LogP contribution in [0.25, 0.3) is 0 Å². The normalized spacial score (nSPS) is 12.5. The second kappa shape index (κ2) is 7.21. The molecule has 0 aromatic heterocycles. The van der Waals surface area contributed by atoms with E-state index in [1.165, 1.54) is 6.92 Å². The van der Waals surface area contributed by atoms with Gasteiger partial charge < -0.3 is 10.6 Å². The lowest BCUT2D eigenvalue weighted by atomic mass is 10.2. The summed E-state index contributed by atoms with van der Waals surface area (Å²) in [5, 5.41) is 4.10. The van der Waals surface area contributed by atoms with E-state index < -0.39 is 21.0 Å². The first kappa shape index (κ1) is 17.2. The summed E-state index contributed by atoms with van der Waals surface area (Å²) in [5.41, 5.74) is 0.989. The van der Waals surface area contributed by atoms with Crippen LogP contribution in [0.2, 0.25) is 0 Å². The first-order chi connectivity index (χ1) is 9.74. The number of nitrogens with one attached hydrogen (secondary N) is 2. The summed E-state index contributed by atoms with van der Waals surface area (Å²) >= 11 is 0. The summed E-state index contributed by atoms with van der Waals surface area (Å²) in [4.78, 5) is 23.3. The Balaban J connectivity index is 2.77. The molecule has 0 aliphatic heterocycles. The van der Waals surface area contributed by atoms with E-state index in [9.17, 15) is 18.0 Å². The van der Waals surface area contributed by atoms with Crippen LogP contribution in [-0.4, -0.2) is 31.7 Å². The fraction of sp³-hybridized carbons (Fsp3) is 0.429. The van der Waals surface area contributed by atoms with Crippen LogP contribution in [-0.2, 0) is 19.4 Å². The molecule has 1 rings (SSSR count). The molecule has 0 radical (unpaired) electrons. The summed E-state index contributed by atoms with van der Waals surface area (Å²) in [6, 6.07) is 6.58. The van der Waals surface area contributed by atoms with Gasteiger partial charge in [-0.15, -0.1) is 0 Å². The minimum atomic E-state index is -3.44. The van der Waals surface area contributed by atoms with Crippen molar-refractivity contribution in [1.82, 2.24) is 0 Å². The van der Waals surface area contributed by atoms with Gasteiger partial charge in [0.2, 0.25) is 11.8 Å². The highest BCUT2D eigenvalue weighted by molar-refractivity contribution is 7.92. The van der Waals surface area contributed by atoms with Crippen LogP contribution in [0.1, 0.15) is 26.7 Å². The van der Waals surface area contributed by atoms with Gasteiger partial charge >= 0.3 is 0 Å². The molecule has 6 nitrogen and oxygen atoms in total. The zero-order valence-corrected chi connectivity index (χ0v) is 13.2. The van der Waals surface area contributed by atoms with E-state index in [4.69, 9.17) is 0 Å². The lowest BCUT2D eigenvalue weighted by Crippen LogP contribution is -2.31. The minimum Gasteiger partial charge on any atom is -0.326 e. The van der Waals surface area contributed by atoms with Crippen molar-refractivity contribution in [3.05, 3.63) is 24.3 Å². The molecule has 0 heterocycles. The lowest BCUT2D eigenvalue weighted by molar-refractivity contribution is -0.116. The highest BCUT2D eigenvalue weighted by Gasteiger charge is 2.23. The lowest BCUT2D eigenvalue weighted by Gasteiger charge is -2.11. The second-order valence-corrected chi connectivity index (χ2v) is 7.21. The number of hydrogen-bond donors (Lipinski definition) is 2.